The maximum absolute atomic E-state index is 11.6. The quantitative estimate of drug-likeness (QED) is 0.669. The first-order valence-corrected chi connectivity index (χ1v) is 5.25. The van der Waals surface area contributed by atoms with E-state index in [1.54, 1.807) is 0 Å². The summed E-state index contributed by atoms with van der Waals surface area (Å²) in [6.45, 7) is 4.48. The van der Waals surface area contributed by atoms with Crippen LogP contribution in [0, 0.1) is 5.92 Å². The summed E-state index contributed by atoms with van der Waals surface area (Å²) < 4.78 is 0. The van der Waals surface area contributed by atoms with Crippen molar-refractivity contribution in [1.82, 2.24) is 4.90 Å². The number of nitrogens with zero attached hydrogens (tertiary/aromatic N) is 1. The molecular weight excluding hydrogens is 164 g/mol. The van der Waals surface area contributed by atoms with Gasteiger partial charge in [-0.1, -0.05) is 0 Å². The maximum atomic E-state index is 11.6. The second-order valence-corrected chi connectivity index (χ2v) is 3.77. The van der Waals surface area contributed by atoms with Crippen LogP contribution in [0.25, 0.3) is 0 Å². The summed E-state index contributed by atoms with van der Waals surface area (Å²) in [7, 11) is 0. The Bertz CT molecular complexity index is 166. The van der Waals surface area contributed by atoms with E-state index < -0.39 is 0 Å². The van der Waals surface area contributed by atoms with Crippen LogP contribution in [-0.2, 0) is 4.79 Å². The molecule has 2 N–H and O–H groups in total. The molecule has 1 aliphatic carbocycles. The van der Waals surface area contributed by atoms with Gasteiger partial charge in [-0.05, 0) is 38.6 Å². The van der Waals surface area contributed by atoms with Gasteiger partial charge in [0.05, 0.1) is 0 Å². The first kappa shape index (κ1) is 10.5. The third-order valence-corrected chi connectivity index (χ3v) is 2.50. The smallest absolute Gasteiger partial charge is 0.222 e. The highest BCUT2D eigenvalue weighted by molar-refractivity contribution is 5.76. The van der Waals surface area contributed by atoms with Crippen LogP contribution in [0.1, 0.15) is 32.6 Å². The molecule has 0 radical (unpaired) electrons. The number of rotatable bonds is 6. The molecule has 3 nitrogen and oxygen atoms in total. The number of hydrogen-bond donors (Lipinski definition) is 1. The summed E-state index contributed by atoms with van der Waals surface area (Å²) in [5.74, 6) is 1.07. The Morgan fingerprint density at radius 1 is 1.54 bits per heavy atom. The molecule has 0 atom stereocenters. The van der Waals surface area contributed by atoms with E-state index in [9.17, 15) is 4.79 Å². The van der Waals surface area contributed by atoms with Crippen LogP contribution in [0.4, 0.5) is 0 Å². The van der Waals surface area contributed by atoms with Crippen molar-refractivity contribution in [2.45, 2.75) is 32.6 Å². The summed E-state index contributed by atoms with van der Waals surface area (Å²) in [4.78, 5) is 13.5. The third-order valence-electron chi connectivity index (χ3n) is 2.50. The van der Waals surface area contributed by atoms with E-state index in [1.165, 1.54) is 12.8 Å². The third kappa shape index (κ3) is 3.77. The van der Waals surface area contributed by atoms with Gasteiger partial charge >= 0.3 is 0 Å². The Balaban J connectivity index is 2.21. The summed E-state index contributed by atoms with van der Waals surface area (Å²) in [6, 6.07) is 0. The van der Waals surface area contributed by atoms with Gasteiger partial charge in [-0.3, -0.25) is 4.79 Å². The molecule has 0 aromatic carbocycles. The second kappa shape index (κ2) is 5.22. The fourth-order valence-corrected chi connectivity index (χ4v) is 1.43. The Labute approximate surface area is 80.3 Å². The molecular formula is C10H20N2O. The van der Waals surface area contributed by atoms with Crippen LogP contribution in [-0.4, -0.2) is 30.4 Å². The number of hydrogen-bond acceptors (Lipinski definition) is 2. The van der Waals surface area contributed by atoms with E-state index in [1.807, 2.05) is 11.8 Å². The van der Waals surface area contributed by atoms with E-state index in [0.29, 0.717) is 13.0 Å². The normalized spacial score (nSPS) is 15.8. The number of carbonyl (C=O) groups is 1. The van der Waals surface area contributed by atoms with Gasteiger partial charge < -0.3 is 10.6 Å². The highest BCUT2D eigenvalue weighted by Gasteiger charge is 2.25. The van der Waals surface area contributed by atoms with Crippen molar-refractivity contribution in [3.05, 3.63) is 0 Å². The van der Waals surface area contributed by atoms with Gasteiger partial charge in [-0.2, -0.15) is 0 Å². The van der Waals surface area contributed by atoms with Crippen LogP contribution in [0.2, 0.25) is 0 Å². The molecule has 1 rings (SSSR count). The average molecular weight is 184 g/mol. The predicted octanol–water partition coefficient (Wildman–Crippen LogP) is 0.984. The lowest BCUT2D eigenvalue weighted by Crippen LogP contribution is -2.32. The van der Waals surface area contributed by atoms with Gasteiger partial charge in [0.15, 0.2) is 0 Å². The monoisotopic (exact) mass is 184 g/mol. The lowest BCUT2D eigenvalue weighted by atomic mass is 10.2. The zero-order valence-corrected chi connectivity index (χ0v) is 8.46. The molecule has 0 saturated heterocycles. The molecule has 13 heavy (non-hydrogen) atoms. The standard InChI is InChI=1S/C10H20N2O/c1-2-12(8-9-5-6-9)10(13)4-3-7-11/h9H,2-8,11H2,1H3. The summed E-state index contributed by atoms with van der Waals surface area (Å²) in [6.07, 6.45) is 4.05. The molecule has 0 aromatic rings. The molecule has 0 bridgehead atoms. The Hall–Kier alpha value is -0.570. The predicted molar refractivity (Wildman–Crippen MR) is 53.3 cm³/mol. The molecule has 76 valence electrons. The molecule has 1 saturated carbocycles. The van der Waals surface area contributed by atoms with E-state index in [-0.39, 0.29) is 5.91 Å². The SMILES string of the molecule is CCN(CC1CC1)C(=O)CCCN. The minimum absolute atomic E-state index is 0.278. The number of nitrogens with two attached hydrogens (primary N) is 1. The summed E-state index contributed by atoms with van der Waals surface area (Å²) in [5, 5.41) is 0. The van der Waals surface area contributed by atoms with Gasteiger partial charge in [0.2, 0.25) is 5.91 Å². The molecule has 0 aromatic heterocycles. The fourth-order valence-electron chi connectivity index (χ4n) is 1.43. The van der Waals surface area contributed by atoms with Crippen LogP contribution < -0.4 is 5.73 Å². The topological polar surface area (TPSA) is 46.3 Å². The molecule has 0 aliphatic heterocycles. The lowest BCUT2D eigenvalue weighted by molar-refractivity contribution is -0.131. The maximum Gasteiger partial charge on any atom is 0.222 e. The Kier molecular flexibility index (Phi) is 4.22. The Morgan fingerprint density at radius 2 is 2.23 bits per heavy atom. The molecule has 0 heterocycles. The summed E-state index contributed by atoms with van der Waals surface area (Å²) in [5.41, 5.74) is 5.36. The minimum Gasteiger partial charge on any atom is -0.343 e. The average Bonchev–Trinajstić information content (AvgIpc) is 2.93. The van der Waals surface area contributed by atoms with Crippen molar-refractivity contribution in [2.75, 3.05) is 19.6 Å². The highest BCUT2D eigenvalue weighted by Crippen LogP contribution is 2.29. The largest absolute Gasteiger partial charge is 0.343 e. The highest BCUT2D eigenvalue weighted by atomic mass is 16.2. The first-order chi connectivity index (χ1) is 6.27. The zero-order valence-electron chi connectivity index (χ0n) is 8.46. The van der Waals surface area contributed by atoms with Crippen LogP contribution in [0.5, 0.6) is 0 Å². The van der Waals surface area contributed by atoms with Gasteiger partial charge in [-0.15, -0.1) is 0 Å². The van der Waals surface area contributed by atoms with Gasteiger partial charge in [0.25, 0.3) is 0 Å². The van der Waals surface area contributed by atoms with Crippen molar-refractivity contribution >= 4 is 5.91 Å². The van der Waals surface area contributed by atoms with E-state index in [4.69, 9.17) is 5.73 Å². The number of carbonyl (C=O) groups excluding carboxylic acids is 1. The fraction of sp³-hybridized carbons (Fsp3) is 0.900. The first-order valence-electron chi connectivity index (χ1n) is 5.25. The molecule has 0 unspecified atom stereocenters. The lowest BCUT2D eigenvalue weighted by Gasteiger charge is -2.20. The van der Waals surface area contributed by atoms with E-state index in [2.05, 4.69) is 0 Å². The number of amides is 1. The molecule has 1 aliphatic rings. The minimum atomic E-state index is 0.278. The van der Waals surface area contributed by atoms with Crippen molar-refractivity contribution in [1.29, 1.82) is 0 Å². The van der Waals surface area contributed by atoms with Crippen molar-refractivity contribution in [3.8, 4) is 0 Å². The molecule has 1 amide bonds. The van der Waals surface area contributed by atoms with Gasteiger partial charge in [0, 0.05) is 19.5 Å². The van der Waals surface area contributed by atoms with Gasteiger partial charge in [0.1, 0.15) is 0 Å². The zero-order chi connectivity index (χ0) is 9.68. The van der Waals surface area contributed by atoms with Crippen molar-refractivity contribution in [2.24, 2.45) is 11.7 Å². The Morgan fingerprint density at radius 3 is 2.69 bits per heavy atom. The second-order valence-electron chi connectivity index (χ2n) is 3.77. The summed E-state index contributed by atoms with van der Waals surface area (Å²) >= 11 is 0. The van der Waals surface area contributed by atoms with Crippen LogP contribution in [0.15, 0.2) is 0 Å². The molecule has 0 spiro atoms. The van der Waals surface area contributed by atoms with E-state index >= 15 is 0 Å². The van der Waals surface area contributed by atoms with Crippen LogP contribution >= 0.6 is 0 Å². The van der Waals surface area contributed by atoms with Crippen LogP contribution in [0.3, 0.4) is 0 Å². The van der Waals surface area contributed by atoms with Crippen molar-refractivity contribution in [3.63, 3.8) is 0 Å². The van der Waals surface area contributed by atoms with Gasteiger partial charge in [-0.25, -0.2) is 0 Å². The molecule has 1 fully saturated rings. The van der Waals surface area contributed by atoms with E-state index in [0.717, 1.165) is 25.4 Å². The van der Waals surface area contributed by atoms with Crippen molar-refractivity contribution < 1.29 is 4.79 Å². The molecule has 3 heteroatoms.